The van der Waals surface area contributed by atoms with Crippen molar-refractivity contribution in [2.75, 3.05) is 71.2 Å². The molecule has 654 valence electrons. The van der Waals surface area contributed by atoms with Crippen molar-refractivity contribution < 1.29 is 195 Å². The van der Waals surface area contributed by atoms with Gasteiger partial charge in [-0.25, -0.2) is 14.4 Å². The summed E-state index contributed by atoms with van der Waals surface area (Å²) in [5, 5.41) is 77.8. The summed E-state index contributed by atoms with van der Waals surface area (Å²) in [5.41, 5.74) is 14.4. The summed E-state index contributed by atoms with van der Waals surface area (Å²) in [4.78, 5) is 74.2. The quantitative estimate of drug-likeness (QED) is 0.00517. The molecule has 10 aromatic carbocycles. The van der Waals surface area contributed by atoms with Crippen LogP contribution in [0, 0.1) is 22.7 Å². The van der Waals surface area contributed by atoms with E-state index in [2.05, 4.69) is 147 Å². The molecule has 0 aliphatic carbocycles. The number of nitrogen functional groups attached to an aromatic ring is 1. The number of rotatable bonds is 23. The summed E-state index contributed by atoms with van der Waals surface area (Å²) in [7, 11) is 5.28. The summed E-state index contributed by atoms with van der Waals surface area (Å²) in [5.74, 6) is 2.67. The SMILES string of the molecule is BrCc1ccccc1.C.COC(=O)CBr.COC(=O)COc1ccc(-c2nn[nH][n+]2Cc2ccccc2)cc1.COC(=O)COc1ccc(-c2nn[nH]n2)cc1.COC(=O)COc1ccc(C#N)cc1.N#Cc1ccc(O)cc1.Nc1ccc2cnccc2c1.O=C(COc1ccc(-c2nn[nH][n+]2Cc2ccccc2)cc1)Nc1ccc2cnccc2c1.O=CO[O-].[H-].[K+].[K+]. The number of tetrazole rings is 3. The maximum atomic E-state index is 12.3. The van der Waals surface area contributed by atoms with Gasteiger partial charge in [0.15, 0.2) is 36.9 Å². The molecule has 0 radical (unpaired) electrons. The van der Waals surface area contributed by atoms with Crippen LogP contribution in [0.1, 0.15) is 36.7 Å². The first-order valence-corrected chi connectivity index (χ1v) is 39.5. The maximum absolute atomic E-state index is 12.3. The zero-order chi connectivity index (χ0) is 90.3. The fraction of sp³-hybridized carbons (Fsp3) is 0.144. The van der Waals surface area contributed by atoms with Gasteiger partial charge in [-0.1, -0.05) is 153 Å². The Morgan fingerprint density at radius 3 is 1.25 bits per heavy atom. The third kappa shape index (κ3) is 41.1. The molecule has 15 aromatic rings. The Morgan fingerprint density at radius 2 is 0.876 bits per heavy atom. The topological polar surface area (TPSA) is 486 Å². The molecule has 5 heterocycles. The number of hydrogen-bond acceptors (Lipinski definition) is 29. The van der Waals surface area contributed by atoms with E-state index in [0.717, 1.165) is 72.0 Å². The molecule has 35 nitrogen and oxygen atoms in total. The number of methoxy groups -OCH3 is 4. The summed E-state index contributed by atoms with van der Waals surface area (Å²) >= 11 is 6.26. The van der Waals surface area contributed by atoms with Crippen LogP contribution >= 0.6 is 31.9 Å². The number of carbonyl (C=O) groups is 6. The van der Waals surface area contributed by atoms with Crippen molar-refractivity contribution >= 4 is 101 Å². The Hall–Kier alpha value is -13.0. The number of phenolic OH excluding ortho intramolecular Hbond substituents is 1. The zero-order valence-electron chi connectivity index (χ0n) is 71.0. The molecule has 39 heteroatoms. The van der Waals surface area contributed by atoms with Crippen LogP contribution in [0.2, 0.25) is 0 Å². The van der Waals surface area contributed by atoms with Crippen molar-refractivity contribution in [3.8, 4) is 75.0 Å². The smallest absolute Gasteiger partial charge is 1.00 e. The predicted molar refractivity (Wildman–Crippen MR) is 473 cm³/mol. The van der Waals surface area contributed by atoms with E-state index in [1.165, 1.54) is 46.1 Å². The second-order valence-electron chi connectivity index (χ2n) is 24.9. The number of phenols is 1. The van der Waals surface area contributed by atoms with E-state index in [4.69, 9.17) is 50.4 Å². The number of benzene rings is 10. The van der Waals surface area contributed by atoms with Crippen LogP contribution in [0.5, 0.6) is 28.7 Å². The third-order valence-corrected chi connectivity index (χ3v) is 17.4. The first kappa shape index (κ1) is 108. The minimum atomic E-state index is -0.436. The van der Waals surface area contributed by atoms with Gasteiger partial charge in [-0.15, -0.1) is 10.2 Å². The Kier molecular flexibility index (Phi) is 52.9. The molecule has 0 saturated carbocycles. The molecule has 0 aliphatic rings. The normalized spacial score (nSPS) is 9.50. The van der Waals surface area contributed by atoms with Crippen molar-refractivity contribution in [3.05, 3.63) is 313 Å². The Bertz CT molecular complexity index is 5870. The van der Waals surface area contributed by atoms with Gasteiger partial charge in [-0.2, -0.15) is 25.1 Å². The van der Waals surface area contributed by atoms with E-state index in [0.29, 0.717) is 58.7 Å². The summed E-state index contributed by atoms with van der Waals surface area (Å²) in [6, 6.07) is 83.9. The van der Waals surface area contributed by atoms with Crippen LogP contribution in [0.4, 0.5) is 11.4 Å². The number of nitrogens with zero attached hydrogens (tertiary/aromatic N) is 13. The van der Waals surface area contributed by atoms with Gasteiger partial charge in [0.1, 0.15) is 57.4 Å². The second-order valence-corrected chi connectivity index (χ2v) is 26.0. The molecule has 0 unspecified atom stereocenters. The number of nitriles is 2. The molecular formula is C90H88Br2K2N18O17+2. The van der Waals surface area contributed by atoms with Crippen molar-refractivity contribution in [3.63, 3.8) is 0 Å². The second kappa shape index (κ2) is 63.0. The molecule has 0 aliphatic heterocycles. The largest absolute Gasteiger partial charge is 1.00 e. The van der Waals surface area contributed by atoms with Gasteiger partial charge in [0.2, 0.25) is 5.82 Å². The van der Waals surface area contributed by atoms with Gasteiger partial charge in [-0.3, -0.25) is 24.4 Å². The fourth-order valence-corrected chi connectivity index (χ4v) is 10.6. The molecule has 7 N–H and O–H groups in total. The molecule has 0 atom stereocenters. The van der Waals surface area contributed by atoms with Gasteiger partial charge in [0.05, 0.1) is 62.8 Å². The van der Waals surface area contributed by atoms with E-state index < -0.39 is 17.9 Å². The number of esters is 4. The number of H-pyrrole nitrogens is 3. The van der Waals surface area contributed by atoms with Gasteiger partial charge < -0.3 is 65.6 Å². The number of hydrogen-bond donors (Lipinski definition) is 6. The van der Waals surface area contributed by atoms with Crippen LogP contribution < -0.4 is 147 Å². The number of nitrogens with two attached hydrogens (primary N) is 1. The number of fused-ring (bicyclic) bond motifs is 2. The first-order chi connectivity index (χ1) is 61.4. The minimum Gasteiger partial charge on any atom is -1.00 e. The van der Waals surface area contributed by atoms with Crippen LogP contribution in [-0.2, 0) is 71.0 Å². The van der Waals surface area contributed by atoms with Crippen LogP contribution in [-0.4, -0.2) is 163 Å². The van der Waals surface area contributed by atoms with Crippen LogP contribution in [0.15, 0.2) is 286 Å². The number of nitrogens with one attached hydrogen (secondary N) is 4. The summed E-state index contributed by atoms with van der Waals surface area (Å²) in [6.45, 7) is 0.649. The van der Waals surface area contributed by atoms with Crippen molar-refractivity contribution in [1.82, 2.24) is 61.6 Å². The van der Waals surface area contributed by atoms with Gasteiger partial charge in [0.25, 0.3) is 12.4 Å². The summed E-state index contributed by atoms with van der Waals surface area (Å²) < 4.78 is 42.6. The number of halogens is 2. The third-order valence-electron chi connectivity index (χ3n) is 16.2. The van der Waals surface area contributed by atoms with Crippen LogP contribution in [0.3, 0.4) is 0 Å². The number of aromatic amines is 3. The number of carbonyl (C=O) groups excluding carboxylic acids is 6. The van der Waals surface area contributed by atoms with Crippen molar-refractivity contribution in [2.24, 2.45) is 0 Å². The van der Waals surface area contributed by atoms with Crippen molar-refractivity contribution in [1.29, 1.82) is 10.5 Å². The van der Waals surface area contributed by atoms with E-state index in [1.807, 2.05) is 179 Å². The van der Waals surface area contributed by atoms with E-state index in [1.54, 1.807) is 91.4 Å². The Labute approximate surface area is 845 Å². The number of aromatic hydroxyl groups is 1. The molecule has 0 fully saturated rings. The molecule has 0 spiro atoms. The monoisotopic (exact) mass is 1930 g/mol. The van der Waals surface area contributed by atoms with E-state index >= 15 is 0 Å². The summed E-state index contributed by atoms with van der Waals surface area (Å²) in [6.07, 6.45) is 7.11. The van der Waals surface area contributed by atoms with Gasteiger partial charge in [-0.05, 0) is 190 Å². The minimum absolute atomic E-state index is 0. The number of pyridine rings is 2. The molecule has 0 bridgehead atoms. The molecule has 5 aromatic heterocycles. The van der Waals surface area contributed by atoms with Gasteiger partial charge in [0, 0.05) is 57.8 Å². The maximum Gasteiger partial charge on any atom is 1.00 e. The Morgan fingerprint density at radius 1 is 0.488 bits per heavy atom. The standard InChI is InChI=1S/C25H20N6O2.C17H16N4O3.C10H10N4O3.C10H9NO3.C9H8N2.C7H7Br.C7H5NO.C3H5BrO2.CH2O3.CH4.2K.H/c32-24(27-22-9-6-21-15-26-13-12-20(21)14-22)17-33-23-10-7-19(8-11-23)25-28-29-30-31(25)16-18-4-2-1-3-5-18;1-23-16(22)12-24-15-9-7-14(8-10-15)17-18-19-20-21(17)11-13-5-3-2-4-6-13;1-16-9(15)6-17-8-4-2-7(3-5-8)10-11-13-14-12-10;1-13-10(12)7-14-9-4-2-8(6-11)3-5-9;10-9-2-1-8-6-11-4-3-7(8)5-9;8-6-7-4-2-1-3-5-7;8-5-6-1-3-7(9)4-2-6;1-6-3(5)2-4;2-1-4-3;;;;/h1-15H,16-17H2,(H,26,27,32);2-10H,11-12H2,1H3;2-5H,6H2,1H3,(H,11,12,13,14);2-5H,7H2,1H3;1-6H,10H2;1-5H,6H2;1-4,9H;2H2,1H3;1,3H;1H4;;;/q;;;;;;;;;;2*+1;-1/p+1. The fourth-order valence-electron chi connectivity index (χ4n) is 10.0. The number of ether oxygens (including phenoxy) is 8. The zero-order valence-corrected chi connectivity index (χ0v) is 79.4. The van der Waals surface area contributed by atoms with Crippen LogP contribution in [0.25, 0.3) is 55.7 Å². The molecular weight excluding hydrogens is 1840 g/mol. The van der Waals surface area contributed by atoms with E-state index in [-0.39, 0.29) is 167 Å². The number of amides is 1. The average molecular weight is 1930 g/mol. The van der Waals surface area contributed by atoms with Gasteiger partial charge >= 0.3 is 138 Å². The first-order valence-electron chi connectivity index (χ1n) is 37.2. The number of aromatic nitrogens is 14. The van der Waals surface area contributed by atoms with E-state index in [9.17, 15) is 24.0 Å². The van der Waals surface area contributed by atoms with Crippen molar-refractivity contribution in [2.45, 2.75) is 25.8 Å². The Balaban J connectivity index is 0.000000400. The average Bonchev–Trinajstić information content (AvgIpc) is 1.63. The molecule has 129 heavy (non-hydrogen) atoms. The molecule has 0 saturated heterocycles. The number of anilines is 2. The molecule has 1 amide bonds. The predicted octanol–water partition coefficient (Wildman–Crippen LogP) is 5.67. The number of alkyl halides is 2. The molecule has 15 rings (SSSR count).